The summed E-state index contributed by atoms with van der Waals surface area (Å²) in [5.41, 5.74) is 1.14. The molecule has 2 amide bonds. The number of hydrogen-bond acceptors (Lipinski definition) is 7. The second-order valence-electron chi connectivity index (χ2n) is 8.68. The minimum absolute atomic E-state index is 0.184. The number of ether oxygens (including phenoxy) is 2. The minimum Gasteiger partial charge on any atom is -0.444 e. The van der Waals surface area contributed by atoms with Crippen molar-refractivity contribution in [3.05, 3.63) is 65.3 Å². The Bertz CT molecular complexity index is 1170. The van der Waals surface area contributed by atoms with E-state index >= 15 is 0 Å². The van der Waals surface area contributed by atoms with Gasteiger partial charge in [-0.25, -0.2) is 19.4 Å². The van der Waals surface area contributed by atoms with Crippen molar-refractivity contribution in [1.82, 2.24) is 24.6 Å². The maximum absolute atomic E-state index is 12.6. The zero-order chi connectivity index (χ0) is 24.3. The first-order chi connectivity index (χ1) is 16.2. The van der Waals surface area contributed by atoms with Crippen molar-refractivity contribution in [2.45, 2.75) is 32.5 Å². The minimum atomic E-state index is -0.554. The van der Waals surface area contributed by atoms with E-state index in [1.807, 2.05) is 32.9 Å². The Morgan fingerprint density at radius 1 is 1.15 bits per heavy atom. The van der Waals surface area contributed by atoms with E-state index in [0.717, 1.165) is 5.56 Å². The number of carbonyl (C=O) groups excluding carboxylic acids is 2. The summed E-state index contributed by atoms with van der Waals surface area (Å²) in [6, 6.07) is 8.84. The van der Waals surface area contributed by atoms with Crippen molar-refractivity contribution in [2.24, 2.45) is 0 Å². The van der Waals surface area contributed by atoms with E-state index in [-0.39, 0.29) is 29.0 Å². The van der Waals surface area contributed by atoms with Crippen molar-refractivity contribution in [1.29, 1.82) is 0 Å². The van der Waals surface area contributed by atoms with Gasteiger partial charge in [-0.15, -0.1) is 0 Å². The fourth-order valence-corrected chi connectivity index (χ4v) is 3.54. The van der Waals surface area contributed by atoms with Crippen LogP contribution in [-0.2, 0) is 9.47 Å². The van der Waals surface area contributed by atoms with Crippen LogP contribution in [0, 0.1) is 0 Å². The summed E-state index contributed by atoms with van der Waals surface area (Å²) >= 11 is 6.04. The number of carbonyl (C=O) groups is 2. The average Bonchev–Trinajstić information content (AvgIpc) is 3.29. The van der Waals surface area contributed by atoms with Crippen LogP contribution in [-0.4, -0.2) is 61.9 Å². The summed E-state index contributed by atoms with van der Waals surface area (Å²) in [6.07, 6.45) is 3.92. The number of benzene rings is 1. The van der Waals surface area contributed by atoms with Gasteiger partial charge >= 0.3 is 6.09 Å². The van der Waals surface area contributed by atoms with Gasteiger partial charge in [-0.2, -0.15) is 5.10 Å². The molecular weight excluding hydrogens is 460 g/mol. The fraction of sp³-hybridized carbons (Fsp3) is 0.348. The molecule has 1 fully saturated rings. The topological polar surface area (TPSA) is 111 Å². The zero-order valence-corrected chi connectivity index (χ0v) is 19.8. The number of nitrogens with one attached hydrogen (secondary N) is 1. The van der Waals surface area contributed by atoms with Crippen LogP contribution in [0.2, 0.25) is 5.15 Å². The fourth-order valence-electron chi connectivity index (χ4n) is 3.35. The SMILES string of the molecule is CC(C)(C)OC(=O)N1CCO[C@@H](c2ccc(NC(=O)c3ccn(-c4nccnc4Cl)n3)cc2)C1. The first-order valence-corrected chi connectivity index (χ1v) is 11.1. The van der Waals surface area contributed by atoms with E-state index < -0.39 is 5.60 Å². The molecule has 0 saturated carbocycles. The van der Waals surface area contributed by atoms with Crippen LogP contribution >= 0.6 is 11.6 Å². The molecule has 0 unspecified atom stereocenters. The summed E-state index contributed by atoms with van der Waals surface area (Å²) < 4.78 is 12.7. The molecule has 34 heavy (non-hydrogen) atoms. The first kappa shape index (κ1) is 23.7. The van der Waals surface area contributed by atoms with Gasteiger partial charge in [0.1, 0.15) is 11.7 Å². The molecule has 1 aliphatic rings. The second kappa shape index (κ2) is 9.78. The standard InChI is InChI=1S/C23H25ClN6O4/c1-23(2,3)34-22(32)29-12-13-33-18(14-29)15-4-6-16(7-5-15)27-21(31)17-8-11-30(28-17)20-19(24)25-9-10-26-20/h4-11,18H,12-14H2,1-3H3,(H,27,31)/t18-/m1/s1. The Hall–Kier alpha value is -3.50. The molecule has 0 bridgehead atoms. The lowest BCUT2D eigenvalue weighted by atomic mass is 10.1. The largest absolute Gasteiger partial charge is 0.444 e. The van der Waals surface area contributed by atoms with Gasteiger partial charge < -0.3 is 19.7 Å². The third kappa shape index (κ3) is 5.70. The second-order valence-corrected chi connectivity index (χ2v) is 9.04. The molecule has 3 heterocycles. The van der Waals surface area contributed by atoms with E-state index in [2.05, 4.69) is 20.4 Å². The molecule has 1 atom stereocenters. The molecule has 1 saturated heterocycles. The highest BCUT2D eigenvalue weighted by molar-refractivity contribution is 6.30. The summed E-state index contributed by atoms with van der Waals surface area (Å²) in [7, 11) is 0. The molecule has 3 aromatic rings. The van der Waals surface area contributed by atoms with Crippen LogP contribution in [0.5, 0.6) is 0 Å². The first-order valence-electron chi connectivity index (χ1n) is 10.7. The van der Waals surface area contributed by atoms with Gasteiger partial charge in [0.05, 0.1) is 13.2 Å². The van der Waals surface area contributed by atoms with Gasteiger partial charge in [0.2, 0.25) is 0 Å². The van der Waals surface area contributed by atoms with Crippen molar-refractivity contribution in [3.63, 3.8) is 0 Å². The van der Waals surface area contributed by atoms with Gasteiger partial charge in [0, 0.05) is 30.8 Å². The normalized spacial score (nSPS) is 16.2. The quantitative estimate of drug-likeness (QED) is 0.598. The number of anilines is 1. The van der Waals surface area contributed by atoms with E-state index in [0.29, 0.717) is 31.2 Å². The molecule has 0 aliphatic carbocycles. The average molecular weight is 485 g/mol. The monoisotopic (exact) mass is 484 g/mol. The highest BCUT2D eigenvalue weighted by Gasteiger charge is 2.29. The zero-order valence-electron chi connectivity index (χ0n) is 19.1. The third-order valence-electron chi connectivity index (χ3n) is 4.93. The van der Waals surface area contributed by atoms with E-state index in [1.54, 1.807) is 29.3 Å². The molecule has 11 heteroatoms. The van der Waals surface area contributed by atoms with Crippen molar-refractivity contribution < 1.29 is 19.1 Å². The van der Waals surface area contributed by atoms with Crippen molar-refractivity contribution in [2.75, 3.05) is 25.0 Å². The smallest absolute Gasteiger partial charge is 0.410 e. The Morgan fingerprint density at radius 2 is 1.88 bits per heavy atom. The summed E-state index contributed by atoms with van der Waals surface area (Å²) in [5.74, 6) is -0.0444. The predicted molar refractivity (Wildman–Crippen MR) is 125 cm³/mol. The number of hydrogen-bond donors (Lipinski definition) is 1. The molecule has 2 aromatic heterocycles. The maximum Gasteiger partial charge on any atom is 0.410 e. The van der Waals surface area contributed by atoms with Crippen molar-refractivity contribution in [3.8, 4) is 5.82 Å². The number of halogens is 1. The molecule has 178 valence electrons. The molecule has 4 rings (SSSR count). The Balaban J connectivity index is 1.38. The van der Waals surface area contributed by atoms with Crippen LogP contribution in [0.1, 0.15) is 42.9 Å². The highest BCUT2D eigenvalue weighted by atomic mass is 35.5. The molecule has 10 nitrogen and oxygen atoms in total. The molecule has 0 radical (unpaired) electrons. The molecule has 1 aliphatic heterocycles. The van der Waals surface area contributed by atoms with E-state index in [9.17, 15) is 9.59 Å². The molecule has 1 N–H and O–H groups in total. The Labute approximate surface area is 201 Å². The summed E-state index contributed by atoms with van der Waals surface area (Å²) in [5, 5.41) is 7.22. The summed E-state index contributed by atoms with van der Waals surface area (Å²) in [6.45, 7) is 6.80. The lowest BCUT2D eigenvalue weighted by molar-refractivity contribution is -0.0432. The van der Waals surface area contributed by atoms with Crippen LogP contribution in [0.3, 0.4) is 0 Å². The number of aromatic nitrogens is 4. The number of rotatable bonds is 4. The highest BCUT2D eigenvalue weighted by Crippen LogP contribution is 2.25. The molecule has 1 aromatic carbocycles. The number of amides is 2. The Morgan fingerprint density at radius 3 is 2.59 bits per heavy atom. The lowest BCUT2D eigenvalue weighted by Gasteiger charge is -2.34. The summed E-state index contributed by atoms with van der Waals surface area (Å²) in [4.78, 5) is 34.7. The van der Waals surface area contributed by atoms with Crippen LogP contribution < -0.4 is 5.32 Å². The van der Waals surface area contributed by atoms with E-state index in [1.165, 1.54) is 17.1 Å². The van der Waals surface area contributed by atoms with Crippen LogP contribution in [0.4, 0.5) is 10.5 Å². The predicted octanol–water partition coefficient (Wildman–Crippen LogP) is 3.88. The van der Waals surface area contributed by atoms with Gasteiger partial charge in [-0.3, -0.25) is 4.79 Å². The van der Waals surface area contributed by atoms with E-state index in [4.69, 9.17) is 21.1 Å². The van der Waals surface area contributed by atoms with Gasteiger partial charge in [-0.1, -0.05) is 23.7 Å². The lowest BCUT2D eigenvalue weighted by Crippen LogP contribution is -2.44. The number of nitrogens with zero attached hydrogens (tertiary/aromatic N) is 5. The number of morpholine rings is 1. The van der Waals surface area contributed by atoms with Crippen LogP contribution in [0.25, 0.3) is 5.82 Å². The maximum atomic E-state index is 12.6. The molecule has 0 spiro atoms. The third-order valence-corrected chi connectivity index (χ3v) is 5.20. The van der Waals surface area contributed by atoms with Gasteiger partial charge in [0.25, 0.3) is 5.91 Å². The Kier molecular flexibility index (Phi) is 6.80. The van der Waals surface area contributed by atoms with Gasteiger partial charge in [-0.05, 0) is 44.5 Å². The van der Waals surface area contributed by atoms with Crippen molar-refractivity contribution >= 4 is 29.3 Å². The van der Waals surface area contributed by atoms with Crippen LogP contribution in [0.15, 0.2) is 48.9 Å². The molecular formula is C23H25ClN6O4. The van der Waals surface area contributed by atoms with Gasteiger partial charge in [0.15, 0.2) is 16.7 Å².